The van der Waals surface area contributed by atoms with E-state index < -0.39 is 0 Å². The molecule has 0 aromatic carbocycles. The molecular weight excluding hydrogens is 136 g/mol. The predicted octanol–water partition coefficient (Wildman–Crippen LogP) is 2.05. The van der Waals surface area contributed by atoms with Crippen LogP contribution in [0.25, 0.3) is 0 Å². The molecule has 3 fully saturated rings. The third-order valence-corrected chi connectivity index (χ3v) is 4.24. The van der Waals surface area contributed by atoms with Gasteiger partial charge in [-0.25, -0.2) is 0 Å². The van der Waals surface area contributed by atoms with E-state index in [4.69, 9.17) is 5.11 Å². The molecule has 1 nitrogen and oxygen atoms in total. The first-order valence-electron chi connectivity index (χ1n) is 4.77. The van der Waals surface area contributed by atoms with Gasteiger partial charge >= 0.3 is 0 Å². The van der Waals surface area contributed by atoms with Gasteiger partial charge in [-0.2, -0.15) is 0 Å². The van der Waals surface area contributed by atoms with Gasteiger partial charge in [0.05, 0.1) is 0 Å². The summed E-state index contributed by atoms with van der Waals surface area (Å²) >= 11 is 0. The van der Waals surface area contributed by atoms with Crippen molar-refractivity contribution in [3.63, 3.8) is 0 Å². The fraction of sp³-hybridized carbons (Fsp3) is 1.00. The van der Waals surface area contributed by atoms with Gasteiger partial charge in [0.1, 0.15) is 0 Å². The molecule has 3 aliphatic carbocycles. The lowest BCUT2D eigenvalue weighted by atomic mass is 9.46. The highest BCUT2D eigenvalue weighted by molar-refractivity contribution is 5.02. The van der Waals surface area contributed by atoms with Crippen LogP contribution in [0.15, 0.2) is 0 Å². The predicted molar refractivity (Wildman–Crippen MR) is 45.2 cm³/mol. The molecule has 2 bridgehead atoms. The standard InChI is InChI=1S/C10H18O/c1-10(2)8-4-3-7(6-11)9(10)5-8/h7-9,11H,3-6H2,1-2H3/t7-,8+,9-/m1/s1. The molecule has 0 aromatic rings. The van der Waals surface area contributed by atoms with Crippen molar-refractivity contribution in [3.05, 3.63) is 0 Å². The Balaban J connectivity index is 2.10. The molecule has 1 N–H and O–H groups in total. The average molecular weight is 154 g/mol. The molecule has 3 atom stereocenters. The highest BCUT2D eigenvalue weighted by atomic mass is 16.3. The SMILES string of the molecule is CC1(C)[C@H]2CC[C@H](CO)[C@H]1C2. The molecule has 0 spiro atoms. The van der Waals surface area contributed by atoms with Crippen LogP contribution in [-0.2, 0) is 0 Å². The molecule has 0 unspecified atom stereocenters. The first kappa shape index (κ1) is 7.60. The van der Waals surface area contributed by atoms with Crippen LogP contribution >= 0.6 is 0 Å². The van der Waals surface area contributed by atoms with E-state index in [1.54, 1.807) is 0 Å². The molecule has 0 radical (unpaired) electrons. The number of hydrogen-bond acceptors (Lipinski definition) is 1. The zero-order chi connectivity index (χ0) is 8.06. The Morgan fingerprint density at radius 1 is 1.36 bits per heavy atom. The molecule has 3 aliphatic rings. The van der Waals surface area contributed by atoms with E-state index in [1.165, 1.54) is 19.3 Å². The van der Waals surface area contributed by atoms with Gasteiger partial charge in [-0.3, -0.25) is 0 Å². The largest absolute Gasteiger partial charge is 0.396 e. The highest BCUT2D eigenvalue weighted by Crippen LogP contribution is 2.61. The molecule has 1 heteroatoms. The first-order valence-corrected chi connectivity index (χ1v) is 4.77. The first-order chi connectivity index (χ1) is 5.16. The van der Waals surface area contributed by atoms with Crippen LogP contribution in [0.1, 0.15) is 33.1 Å². The summed E-state index contributed by atoms with van der Waals surface area (Å²) in [4.78, 5) is 0. The van der Waals surface area contributed by atoms with Gasteiger partial charge in [-0.05, 0) is 42.4 Å². The Kier molecular flexibility index (Phi) is 1.54. The number of rotatable bonds is 1. The second-order valence-corrected chi connectivity index (χ2v) is 4.88. The minimum absolute atomic E-state index is 0.417. The smallest absolute Gasteiger partial charge is 0.0462 e. The third kappa shape index (κ3) is 0.868. The lowest BCUT2D eigenvalue weighted by Gasteiger charge is -2.59. The lowest BCUT2D eigenvalue weighted by molar-refractivity contribution is -0.116. The van der Waals surface area contributed by atoms with Crippen molar-refractivity contribution in [1.82, 2.24) is 0 Å². The van der Waals surface area contributed by atoms with Crippen LogP contribution in [0.3, 0.4) is 0 Å². The summed E-state index contributed by atoms with van der Waals surface area (Å²) in [5.41, 5.74) is 0.547. The average Bonchev–Trinajstić information content (AvgIpc) is 2.04. The van der Waals surface area contributed by atoms with Gasteiger partial charge in [0.2, 0.25) is 0 Å². The van der Waals surface area contributed by atoms with Crippen molar-refractivity contribution in [2.75, 3.05) is 6.61 Å². The molecule has 0 heterocycles. The topological polar surface area (TPSA) is 20.2 Å². The minimum atomic E-state index is 0.417. The second kappa shape index (κ2) is 2.22. The van der Waals surface area contributed by atoms with E-state index in [9.17, 15) is 0 Å². The lowest BCUT2D eigenvalue weighted by Crippen LogP contribution is -2.53. The summed E-state index contributed by atoms with van der Waals surface area (Å²) in [5, 5.41) is 9.12. The van der Waals surface area contributed by atoms with Crippen LogP contribution in [0.4, 0.5) is 0 Å². The summed E-state index contributed by atoms with van der Waals surface area (Å²) in [6.45, 7) is 5.15. The molecule has 64 valence electrons. The number of aliphatic hydroxyl groups excluding tert-OH is 1. The van der Waals surface area contributed by atoms with Crippen LogP contribution in [0.2, 0.25) is 0 Å². The Labute approximate surface area is 68.8 Å². The molecule has 3 rings (SSSR count). The quantitative estimate of drug-likeness (QED) is 0.613. The van der Waals surface area contributed by atoms with Crippen LogP contribution in [0, 0.1) is 23.2 Å². The van der Waals surface area contributed by atoms with Crippen molar-refractivity contribution in [1.29, 1.82) is 0 Å². The summed E-state index contributed by atoms with van der Waals surface area (Å²) in [5.74, 6) is 2.41. The molecule has 3 saturated carbocycles. The Morgan fingerprint density at radius 3 is 2.45 bits per heavy atom. The monoisotopic (exact) mass is 154 g/mol. The maximum Gasteiger partial charge on any atom is 0.0462 e. The highest BCUT2D eigenvalue weighted by Gasteiger charge is 2.53. The van der Waals surface area contributed by atoms with Gasteiger partial charge in [0.25, 0.3) is 0 Å². The molecule has 11 heavy (non-hydrogen) atoms. The van der Waals surface area contributed by atoms with Crippen molar-refractivity contribution in [2.24, 2.45) is 23.2 Å². The fourth-order valence-corrected chi connectivity index (χ4v) is 3.18. The van der Waals surface area contributed by atoms with Crippen molar-refractivity contribution in [3.8, 4) is 0 Å². The minimum Gasteiger partial charge on any atom is -0.396 e. The van der Waals surface area contributed by atoms with Gasteiger partial charge < -0.3 is 5.11 Å². The number of fused-ring (bicyclic) bond motifs is 2. The zero-order valence-electron chi connectivity index (χ0n) is 7.51. The Morgan fingerprint density at radius 2 is 2.09 bits per heavy atom. The number of aliphatic hydroxyl groups is 1. The van der Waals surface area contributed by atoms with Crippen LogP contribution < -0.4 is 0 Å². The maximum atomic E-state index is 9.12. The van der Waals surface area contributed by atoms with E-state index in [-0.39, 0.29) is 0 Å². The summed E-state index contributed by atoms with van der Waals surface area (Å²) in [6.07, 6.45) is 4.02. The molecule has 0 aromatic heterocycles. The summed E-state index contributed by atoms with van der Waals surface area (Å²) in [6, 6.07) is 0. The van der Waals surface area contributed by atoms with Crippen LogP contribution in [0.5, 0.6) is 0 Å². The molecule has 0 amide bonds. The van der Waals surface area contributed by atoms with E-state index in [1.807, 2.05) is 0 Å². The molecule has 0 saturated heterocycles. The summed E-state index contributed by atoms with van der Waals surface area (Å²) < 4.78 is 0. The van der Waals surface area contributed by atoms with Crippen molar-refractivity contribution >= 4 is 0 Å². The van der Waals surface area contributed by atoms with E-state index in [0.717, 1.165) is 11.8 Å². The molecular formula is C10H18O. The van der Waals surface area contributed by atoms with E-state index in [0.29, 0.717) is 17.9 Å². The van der Waals surface area contributed by atoms with Gasteiger partial charge in [-0.1, -0.05) is 13.8 Å². The maximum absolute atomic E-state index is 9.12. The fourth-order valence-electron chi connectivity index (χ4n) is 3.18. The normalized spacial score (nSPS) is 46.6. The van der Waals surface area contributed by atoms with Crippen molar-refractivity contribution in [2.45, 2.75) is 33.1 Å². The van der Waals surface area contributed by atoms with Gasteiger partial charge in [-0.15, -0.1) is 0 Å². The van der Waals surface area contributed by atoms with Crippen molar-refractivity contribution < 1.29 is 5.11 Å². The second-order valence-electron chi connectivity index (χ2n) is 4.88. The van der Waals surface area contributed by atoms with E-state index >= 15 is 0 Å². The van der Waals surface area contributed by atoms with Gasteiger partial charge in [0.15, 0.2) is 0 Å². The van der Waals surface area contributed by atoms with E-state index in [2.05, 4.69) is 13.8 Å². The third-order valence-electron chi connectivity index (χ3n) is 4.24. The number of hydrogen-bond donors (Lipinski definition) is 1. The van der Waals surface area contributed by atoms with Crippen LogP contribution in [-0.4, -0.2) is 11.7 Å². The Bertz CT molecular complexity index is 160. The zero-order valence-corrected chi connectivity index (χ0v) is 7.51. The molecule has 0 aliphatic heterocycles. The summed E-state index contributed by atoms with van der Waals surface area (Å²) in [7, 11) is 0. The Hall–Kier alpha value is -0.0400. The van der Waals surface area contributed by atoms with Gasteiger partial charge in [0, 0.05) is 6.61 Å².